The Morgan fingerprint density at radius 3 is 2.77 bits per heavy atom. The number of imidazole rings is 1. The van der Waals surface area contributed by atoms with Gasteiger partial charge in [0.2, 0.25) is 5.95 Å². The Balaban J connectivity index is 2.19. The standard InChI is InChI=1S/C24H30N6O/c1-5-8-12-26-24-28-21(25)20-23(29-24)30(15-17-11-9-10-16(4)13-17)22(27-20)18(6-2)14-19(31)7-3/h6-7,9-11,13-14,31H,3,5,8,12,15H2,1-2,4H3,(H3,25,26,28,29)/b18-6+,19-14+. The van der Waals surface area contributed by atoms with Crippen LogP contribution in [0, 0.1) is 6.92 Å². The monoisotopic (exact) mass is 418 g/mol. The number of hydrogen-bond acceptors (Lipinski definition) is 6. The zero-order chi connectivity index (χ0) is 22.4. The molecule has 7 nitrogen and oxygen atoms in total. The van der Waals surface area contributed by atoms with Gasteiger partial charge in [-0.15, -0.1) is 0 Å². The number of anilines is 2. The molecule has 0 amide bonds. The van der Waals surface area contributed by atoms with Crippen molar-refractivity contribution in [2.45, 2.75) is 40.2 Å². The average Bonchev–Trinajstić information content (AvgIpc) is 3.11. The molecule has 0 atom stereocenters. The highest BCUT2D eigenvalue weighted by Crippen LogP contribution is 2.27. The van der Waals surface area contributed by atoms with E-state index < -0.39 is 0 Å². The molecule has 0 radical (unpaired) electrons. The molecule has 162 valence electrons. The van der Waals surface area contributed by atoms with E-state index in [4.69, 9.17) is 15.7 Å². The maximum absolute atomic E-state index is 10.0. The zero-order valence-corrected chi connectivity index (χ0v) is 18.4. The molecule has 3 rings (SSSR count). The third-order valence-electron chi connectivity index (χ3n) is 4.94. The van der Waals surface area contributed by atoms with Gasteiger partial charge in [0, 0.05) is 12.1 Å². The molecule has 0 bridgehead atoms. The Bertz CT molecular complexity index is 1140. The summed E-state index contributed by atoms with van der Waals surface area (Å²) in [6, 6.07) is 8.30. The first-order chi connectivity index (χ1) is 15.0. The number of hydrogen-bond donors (Lipinski definition) is 3. The van der Waals surface area contributed by atoms with Gasteiger partial charge in [0.1, 0.15) is 11.6 Å². The third-order valence-corrected chi connectivity index (χ3v) is 4.94. The van der Waals surface area contributed by atoms with E-state index in [0.717, 1.165) is 30.5 Å². The van der Waals surface area contributed by atoms with Gasteiger partial charge in [-0.25, -0.2) is 4.98 Å². The fourth-order valence-electron chi connectivity index (χ4n) is 3.34. The van der Waals surface area contributed by atoms with Crippen LogP contribution in [0.2, 0.25) is 0 Å². The summed E-state index contributed by atoms with van der Waals surface area (Å²) in [5, 5.41) is 13.3. The largest absolute Gasteiger partial charge is 0.508 e. The van der Waals surface area contributed by atoms with Gasteiger partial charge in [0.15, 0.2) is 17.0 Å². The van der Waals surface area contributed by atoms with Crippen LogP contribution in [0.5, 0.6) is 0 Å². The van der Waals surface area contributed by atoms with Crippen molar-refractivity contribution in [1.82, 2.24) is 19.5 Å². The lowest BCUT2D eigenvalue weighted by atomic mass is 10.1. The molecule has 0 fully saturated rings. The topological polar surface area (TPSA) is 102 Å². The minimum absolute atomic E-state index is 0.0586. The van der Waals surface area contributed by atoms with Crippen molar-refractivity contribution < 1.29 is 5.11 Å². The molecule has 0 aliphatic carbocycles. The van der Waals surface area contributed by atoms with E-state index in [1.165, 1.54) is 11.6 Å². The van der Waals surface area contributed by atoms with E-state index >= 15 is 0 Å². The number of aliphatic hydroxyl groups is 1. The molecule has 0 aliphatic heterocycles. The van der Waals surface area contributed by atoms with Crippen molar-refractivity contribution in [3.8, 4) is 0 Å². The summed E-state index contributed by atoms with van der Waals surface area (Å²) in [6.07, 6.45) is 7.00. The number of nitrogens with zero attached hydrogens (tertiary/aromatic N) is 4. The van der Waals surface area contributed by atoms with Crippen LogP contribution < -0.4 is 11.1 Å². The van der Waals surface area contributed by atoms with Crippen molar-refractivity contribution in [3.63, 3.8) is 0 Å². The molecule has 2 aromatic heterocycles. The number of aryl methyl sites for hydroxylation is 1. The highest BCUT2D eigenvalue weighted by Gasteiger charge is 2.19. The van der Waals surface area contributed by atoms with E-state index in [1.807, 2.05) is 23.6 Å². The van der Waals surface area contributed by atoms with E-state index in [1.54, 1.807) is 6.08 Å². The summed E-state index contributed by atoms with van der Waals surface area (Å²) >= 11 is 0. The molecular formula is C24H30N6O. The Hall–Kier alpha value is -3.61. The number of rotatable bonds is 9. The molecular weight excluding hydrogens is 388 g/mol. The number of nitrogen functional groups attached to an aromatic ring is 1. The molecule has 3 aromatic rings. The predicted molar refractivity (Wildman–Crippen MR) is 128 cm³/mol. The van der Waals surface area contributed by atoms with Gasteiger partial charge < -0.3 is 20.7 Å². The van der Waals surface area contributed by atoms with E-state index in [2.05, 4.69) is 48.9 Å². The molecule has 0 unspecified atom stereocenters. The number of aliphatic hydroxyl groups excluding tert-OH is 1. The quantitative estimate of drug-likeness (QED) is 0.256. The van der Waals surface area contributed by atoms with Gasteiger partial charge in [0.25, 0.3) is 0 Å². The van der Waals surface area contributed by atoms with Crippen molar-refractivity contribution in [2.24, 2.45) is 0 Å². The fourth-order valence-corrected chi connectivity index (χ4v) is 3.34. The van der Waals surface area contributed by atoms with Gasteiger partial charge in [-0.2, -0.15) is 9.97 Å². The first-order valence-electron chi connectivity index (χ1n) is 10.5. The number of benzene rings is 1. The van der Waals surface area contributed by atoms with Crippen molar-refractivity contribution in [2.75, 3.05) is 17.6 Å². The van der Waals surface area contributed by atoms with Crippen LogP contribution in [0.3, 0.4) is 0 Å². The molecule has 0 saturated heterocycles. The molecule has 4 N–H and O–H groups in total. The van der Waals surface area contributed by atoms with Crippen LogP contribution in [-0.4, -0.2) is 31.2 Å². The SMILES string of the molecule is C=C/C(O)=C\C(=C/C)c1nc2c(N)nc(NCCCC)nc2n1Cc1cccc(C)c1. The maximum Gasteiger partial charge on any atom is 0.226 e. The lowest BCUT2D eigenvalue weighted by Crippen LogP contribution is -2.09. The summed E-state index contributed by atoms with van der Waals surface area (Å²) in [7, 11) is 0. The van der Waals surface area contributed by atoms with Crippen LogP contribution >= 0.6 is 0 Å². The van der Waals surface area contributed by atoms with Crippen LogP contribution in [0.4, 0.5) is 11.8 Å². The second-order valence-corrected chi connectivity index (χ2v) is 7.41. The smallest absolute Gasteiger partial charge is 0.226 e. The first kappa shape index (κ1) is 22.1. The van der Waals surface area contributed by atoms with Gasteiger partial charge in [-0.1, -0.05) is 55.8 Å². The number of allylic oxidation sites excluding steroid dienone is 4. The maximum atomic E-state index is 10.0. The summed E-state index contributed by atoms with van der Waals surface area (Å²) in [5.74, 6) is 1.52. The highest BCUT2D eigenvalue weighted by atomic mass is 16.3. The summed E-state index contributed by atoms with van der Waals surface area (Å²) in [6.45, 7) is 11.0. The Morgan fingerprint density at radius 2 is 2.10 bits per heavy atom. The molecule has 0 aliphatic rings. The number of aromatic nitrogens is 4. The van der Waals surface area contributed by atoms with Crippen LogP contribution in [0.25, 0.3) is 16.7 Å². The minimum atomic E-state index is 0.0586. The Kier molecular flexibility index (Phi) is 7.07. The van der Waals surface area contributed by atoms with Crippen molar-refractivity contribution in [3.05, 3.63) is 71.8 Å². The minimum Gasteiger partial charge on any atom is -0.508 e. The van der Waals surface area contributed by atoms with Crippen molar-refractivity contribution in [1.29, 1.82) is 0 Å². The second-order valence-electron chi connectivity index (χ2n) is 7.41. The third kappa shape index (κ3) is 5.12. The molecule has 1 aromatic carbocycles. The van der Waals surface area contributed by atoms with Crippen LogP contribution in [-0.2, 0) is 6.54 Å². The van der Waals surface area contributed by atoms with E-state index in [-0.39, 0.29) is 5.76 Å². The number of nitrogens with two attached hydrogens (primary N) is 1. The van der Waals surface area contributed by atoms with Crippen LogP contribution in [0.1, 0.15) is 43.6 Å². The average molecular weight is 419 g/mol. The van der Waals surface area contributed by atoms with E-state index in [0.29, 0.717) is 35.3 Å². The van der Waals surface area contributed by atoms with Gasteiger partial charge in [-0.3, -0.25) is 0 Å². The van der Waals surface area contributed by atoms with Crippen LogP contribution in [0.15, 0.2) is 54.8 Å². The predicted octanol–water partition coefficient (Wildman–Crippen LogP) is 5.01. The fraction of sp³-hybridized carbons (Fsp3) is 0.292. The summed E-state index contributed by atoms with van der Waals surface area (Å²) < 4.78 is 2.01. The molecule has 0 saturated carbocycles. The second kappa shape index (κ2) is 9.93. The zero-order valence-electron chi connectivity index (χ0n) is 18.4. The Labute approximate surface area is 183 Å². The lowest BCUT2D eigenvalue weighted by Gasteiger charge is -2.11. The van der Waals surface area contributed by atoms with Crippen molar-refractivity contribution >= 4 is 28.5 Å². The molecule has 2 heterocycles. The van der Waals surface area contributed by atoms with Gasteiger partial charge >= 0.3 is 0 Å². The Morgan fingerprint density at radius 1 is 1.29 bits per heavy atom. The number of nitrogens with one attached hydrogen (secondary N) is 1. The molecule has 7 heteroatoms. The number of fused-ring (bicyclic) bond motifs is 1. The van der Waals surface area contributed by atoms with Gasteiger partial charge in [0.05, 0.1) is 6.54 Å². The highest BCUT2D eigenvalue weighted by molar-refractivity contribution is 5.87. The lowest BCUT2D eigenvalue weighted by molar-refractivity contribution is 0.433. The summed E-state index contributed by atoms with van der Waals surface area (Å²) in [4.78, 5) is 13.9. The summed E-state index contributed by atoms with van der Waals surface area (Å²) in [5.41, 5.74) is 10.5. The molecule has 0 spiro atoms. The first-order valence-corrected chi connectivity index (χ1v) is 10.5. The normalized spacial score (nSPS) is 12.4. The molecule has 31 heavy (non-hydrogen) atoms. The van der Waals surface area contributed by atoms with E-state index in [9.17, 15) is 5.11 Å². The number of unbranched alkanes of at least 4 members (excludes halogenated alkanes) is 1. The van der Waals surface area contributed by atoms with Gasteiger partial charge in [-0.05, 0) is 38.0 Å².